The minimum absolute atomic E-state index is 0.184. The zero-order valence-corrected chi connectivity index (χ0v) is 32.9. The SMILES string of the molecule is CC/C=C\C/C=C\C/C=C\C/C=C\C/C=C\C/C=C\CCCCCCC(=O)OC(CO)COCCCCCCCCCCCCCCCCC. The maximum atomic E-state index is 12.2. The van der Waals surface area contributed by atoms with Crippen molar-refractivity contribution in [2.24, 2.45) is 0 Å². The number of carbonyl (C=O) groups is 1. The van der Waals surface area contributed by atoms with Crippen molar-refractivity contribution >= 4 is 5.97 Å². The van der Waals surface area contributed by atoms with E-state index < -0.39 is 6.10 Å². The highest BCUT2D eigenvalue weighted by Gasteiger charge is 2.13. The van der Waals surface area contributed by atoms with Gasteiger partial charge >= 0.3 is 5.97 Å². The van der Waals surface area contributed by atoms with Crippen LogP contribution in [0.2, 0.25) is 0 Å². The third kappa shape index (κ3) is 40.3. The predicted molar refractivity (Wildman–Crippen MR) is 219 cm³/mol. The Morgan fingerprint density at radius 3 is 1.36 bits per heavy atom. The van der Waals surface area contributed by atoms with Gasteiger partial charge in [0.2, 0.25) is 0 Å². The Morgan fingerprint density at radius 1 is 0.500 bits per heavy atom. The van der Waals surface area contributed by atoms with Crippen LogP contribution < -0.4 is 0 Å². The summed E-state index contributed by atoms with van der Waals surface area (Å²) in [6, 6.07) is 0. The third-order valence-electron chi connectivity index (χ3n) is 8.80. The molecule has 0 rings (SSSR count). The molecule has 1 atom stereocenters. The fourth-order valence-corrected chi connectivity index (χ4v) is 5.68. The minimum atomic E-state index is -0.549. The Bertz CT molecular complexity index is 865. The number of aliphatic hydroxyl groups excluding tert-OH is 1. The quantitative estimate of drug-likeness (QED) is 0.0397. The van der Waals surface area contributed by atoms with Gasteiger partial charge < -0.3 is 14.6 Å². The van der Waals surface area contributed by atoms with Crippen LogP contribution in [-0.2, 0) is 14.3 Å². The highest BCUT2D eigenvalue weighted by Crippen LogP contribution is 2.14. The molecule has 0 aromatic heterocycles. The molecular weight excluding hydrogens is 617 g/mol. The van der Waals surface area contributed by atoms with Crippen molar-refractivity contribution in [3.05, 3.63) is 72.9 Å². The maximum Gasteiger partial charge on any atom is 0.306 e. The van der Waals surface area contributed by atoms with Crippen LogP contribution >= 0.6 is 0 Å². The van der Waals surface area contributed by atoms with Crippen LogP contribution in [-0.4, -0.2) is 37.0 Å². The summed E-state index contributed by atoms with van der Waals surface area (Å²) in [5.74, 6) is -0.225. The summed E-state index contributed by atoms with van der Waals surface area (Å²) in [6.45, 7) is 5.21. The lowest BCUT2D eigenvalue weighted by atomic mass is 10.0. The molecule has 0 aromatic rings. The number of allylic oxidation sites excluding steroid dienone is 12. The van der Waals surface area contributed by atoms with Crippen LogP contribution in [0, 0.1) is 0 Å². The number of ether oxygens (including phenoxy) is 2. The van der Waals surface area contributed by atoms with Gasteiger partial charge in [0, 0.05) is 13.0 Å². The molecule has 0 saturated heterocycles. The van der Waals surface area contributed by atoms with Crippen molar-refractivity contribution in [3.63, 3.8) is 0 Å². The molecule has 0 bridgehead atoms. The van der Waals surface area contributed by atoms with Crippen molar-refractivity contribution in [2.75, 3.05) is 19.8 Å². The van der Waals surface area contributed by atoms with Gasteiger partial charge in [0.05, 0.1) is 13.2 Å². The number of carbonyl (C=O) groups excluding carboxylic acids is 1. The summed E-state index contributed by atoms with van der Waals surface area (Å²) in [6.07, 6.45) is 58.1. The van der Waals surface area contributed by atoms with E-state index in [9.17, 15) is 9.90 Å². The van der Waals surface area contributed by atoms with E-state index in [1.807, 2.05) is 0 Å². The van der Waals surface area contributed by atoms with Gasteiger partial charge in [-0.15, -0.1) is 0 Å². The van der Waals surface area contributed by atoms with E-state index in [2.05, 4.69) is 86.8 Å². The van der Waals surface area contributed by atoms with Crippen molar-refractivity contribution in [1.29, 1.82) is 0 Å². The van der Waals surface area contributed by atoms with Gasteiger partial charge in [-0.1, -0.05) is 189 Å². The summed E-state index contributed by atoms with van der Waals surface area (Å²) in [5, 5.41) is 9.59. The predicted octanol–water partition coefficient (Wildman–Crippen LogP) is 13.8. The van der Waals surface area contributed by atoms with E-state index in [4.69, 9.17) is 9.47 Å². The smallest absolute Gasteiger partial charge is 0.306 e. The highest BCUT2D eigenvalue weighted by atomic mass is 16.6. The van der Waals surface area contributed by atoms with Gasteiger partial charge in [-0.3, -0.25) is 4.79 Å². The zero-order valence-electron chi connectivity index (χ0n) is 32.9. The lowest BCUT2D eigenvalue weighted by Crippen LogP contribution is -2.27. The first-order valence-electron chi connectivity index (χ1n) is 21.0. The molecule has 0 aliphatic rings. The summed E-state index contributed by atoms with van der Waals surface area (Å²) in [4.78, 5) is 12.2. The van der Waals surface area contributed by atoms with Crippen LogP contribution in [0.3, 0.4) is 0 Å². The molecule has 50 heavy (non-hydrogen) atoms. The highest BCUT2D eigenvalue weighted by molar-refractivity contribution is 5.69. The average Bonchev–Trinajstić information content (AvgIpc) is 3.12. The van der Waals surface area contributed by atoms with Crippen LogP contribution in [0.5, 0.6) is 0 Å². The molecule has 288 valence electrons. The van der Waals surface area contributed by atoms with Crippen molar-refractivity contribution < 1.29 is 19.4 Å². The van der Waals surface area contributed by atoms with Crippen molar-refractivity contribution in [3.8, 4) is 0 Å². The molecule has 0 amide bonds. The molecule has 1 N–H and O–H groups in total. The van der Waals surface area contributed by atoms with Crippen LogP contribution in [0.4, 0.5) is 0 Å². The number of rotatable bonds is 38. The molecule has 0 aliphatic heterocycles. The normalized spacial score (nSPS) is 13.1. The molecule has 0 fully saturated rings. The number of hydrogen-bond acceptors (Lipinski definition) is 4. The number of esters is 1. The Balaban J connectivity index is 3.54. The third-order valence-corrected chi connectivity index (χ3v) is 8.80. The summed E-state index contributed by atoms with van der Waals surface area (Å²) in [7, 11) is 0. The lowest BCUT2D eigenvalue weighted by Gasteiger charge is -2.15. The second-order valence-electron chi connectivity index (χ2n) is 13.7. The minimum Gasteiger partial charge on any atom is -0.457 e. The first-order valence-corrected chi connectivity index (χ1v) is 21.0. The number of unbranched alkanes of at least 4 members (excludes halogenated alkanes) is 18. The van der Waals surface area contributed by atoms with Gasteiger partial charge in [0.25, 0.3) is 0 Å². The second-order valence-corrected chi connectivity index (χ2v) is 13.7. The molecule has 4 heteroatoms. The number of aliphatic hydroxyl groups is 1. The van der Waals surface area contributed by atoms with Crippen LogP contribution in [0.15, 0.2) is 72.9 Å². The fourth-order valence-electron chi connectivity index (χ4n) is 5.68. The van der Waals surface area contributed by atoms with E-state index in [0.717, 1.165) is 77.0 Å². The molecular formula is C46H80O4. The summed E-state index contributed by atoms with van der Waals surface area (Å²) >= 11 is 0. The van der Waals surface area contributed by atoms with Crippen molar-refractivity contribution in [2.45, 2.75) is 193 Å². The Labute approximate surface area is 310 Å². The van der Waals surface area contributed by atoms with E-state index >= 15 is 0 Å². The molecule has 0 spiro atoms. The van der Waals surface area contributed by atoms with Gasteiger partial charge in [-0.05, 0) is 64.2 Å². The standard InChI is InChI=1S/C46H80O4/c1-3-5-7-9-11-13-15-17-19-20-21-22-23-24-25-26-27-29-31-33-35-37-39-41-46(48)50-45(43-47)44-49-42-40-38-36-34-32-30-28-18-16-14-12-10-8-6-4-2/h5,7,11,13,17,19,21-22,24-25,27,29,45,47H,3-4,6,8-10,12,14-16,18,20,23,26,28,30-44H2,1-2H3/b7-5-,13-11-,19-17-,22-21-,25-24-,29-27-. The Hall–Kier alpha value is -2.17. The second kappa shape index (κ2) is 43.0. The van der Waals surface area contributed by atoms with E-state index in [1.54, 1.807) is 0 Å². The van der Waals surface area contributed by atoms with Gasteiger partial charge in [-0.25, -0.2) is 0 Å². The van der Waals surface area contributed by atoms with Crippen molar-refractivity contribution in [1.82, 2.24) is 0 Å². The van der Waals surface area contributed by atoms with E-state index in [-0.39, 0.29) is 19.2 Å². The number of hydrogen-bond donors (Lipinski definition) is 1. The molecule has 0 heterocycles. The van der Waals surface area contributed by atoms with Gasteiger partial charge in [0.15, 0.2) is 0 Å². The molecule has 0 saturated carbocycles. The molecule has 4 nitrogen and oxygen atoms in total. The maximum absolute atomic E-state index is 12.2. The lowest BCUT2D eigenvalue weighted by molar-refractivity contribution is -0.154. The fraction of sp³-hybridized carbons (Fsp3) is 0.717. The first kappa shape index (κ1) is 47.8. The van der Waals surface area contributed by atoms with Crippen LogP contribution in [0.25, 0.3) is 0 Å². The molecule has 1 unspecified atom stereocenters. The largest absolute Gasteiger partial charge is 0.457 e. The van der Waals surface area contributed by atoms with Gasteiger partial charge in [-0.2, -0.15) is 0 Å². The summed E-state index contributed by atoms with van der Waals surface area (Å²) < 4.78 is 11.1. The van der Waals surface area contributed by atoms with Gasteiger partial charge in [0.1, 0.15) is 6.10 Å². The molecule has 0 radical (unpaired) electrons. The Kier molecular flexibility index (Phi) is 41.1. The zero-order chi connectivity index (χ0) is 36.3. The first-order chi connectivity index (χ1) is 24.7. The monoisotopic (exact) mass is 697 g/mol. The van der Waals surface area contributed by atoms with Crippen LogP contribution in [0.1, 0.15) is 187 Å². The molecule has 0 aromatic carbocycles. The summed E-state index contributed by atoms with van der Waals surface area (Å²) in [5.41, 5.74) is 0. The Morgan fingerprint density at radius 2 is 0.900 bits per heavy atom. The molecule has 0 aliphatic carbocycles. The van der Waals surface area contributed by atoms with E-state index in [1.165, 1.54) is 89.9 Å². The van der Waals surface area contributed by atoms with E-state index in [0.29, 0.717) is 13.0 Å². The average molecular weight is 697 g/mol. The topological polar surface area (TPSA) is 55.8 Å².